The first-order valence-electron chi connectivity index (χ1n) is 4.68. The summed E-state index contributed by atoms with van der Waals surface area (Å²) in [6, 6.07) is 0. The van der Waals surface area contributed by atoms with Gasteiger partial charge in [0.1, 0.15) is 6.29 Å². The molecule has 1 aliphatic carbocycles. The van der Waals surface area contributed by atoms with Crippen LogP contribution in [0.25, 0.3) is 0 Å². The van der Waals surface area contributed by atoms with Gasteiger partial charge in [-0.2, -0.15) is 0 Å². The highest BCUT2D eigenvalue weighted by Gasteiger charge is 2.31. The van der Waals surface area contributed by atoms with Crippen molar-refractivity contribution < 1.29 is 4.79 Å². The van der Waals surface area contributed by atoms with E-state index < -0.39 is 0 Å². The zero-order chi connectivity index (χ0) is 9.19. The monoisotopic (exact) mass is 166 g/mol. The number of rotatable bonds is 2. The van der Waals surface area contributed by atoms with E-state index in [1.165, 1.54) is 18.4 Å². The maximum atomic E-state index is 10.5. The van der Waals surface area contributed by atoms with Gasteiger partial charge in [0, 0.05) is 6.42 Å². The van der Waals surface area contributed by atoms with Crippen LogP contribution in [-0.4, -0.2) is 6.29 Å². The van der Waals surface area contributed by atoms with Crippen molar-refractivity contribution in [2.45, 2.75) is 40.0 Å². The van der Waals surface area contributed by atoms with Crippen molar-refractivity contribution in [1.82, 2.24) is 0 Å². The van der Waals surface area contributed by atoms with E-state index in [4.69, 9.17) is 0 Å². The Hall–Kier alpha value is -0.590. The maximum absolute atomic E-state index is 10.5. The highest BCUT2D eigenvalue weighted by molar-refractivity contribution is 5.51. The van der Waals surface area contributed by atoms with Crippen molar-refractivity contribution in [1.29, 1.82) is 0 Å². The van der Waals surface area contributed by atoms with Crippen molar-refractivity contribution in [3.63, 3.8) is 0 Å². The molecule has 0 saturated carbocycles. The number of aldehydes is 1. The Morgan fingerprint density at radius 3 is 2.83 bits per heavy atom. The van der Waals surface area contributed by atoms with Crippen molar-refractivity contribution in [2.24, 2.45) is 11.3 Å². The van der Waals surface area contributed by atoms with E-state index in [1.807, 2.05) is 0 Å². The van der Waals surface area contributed by atoms with Crippen LogP contribution in [0.2, 0.25) is 0 Å². The molecule has 1 rings (SSSR count). The van der Waals surface area contributed by atoms with Crippen LogP contribution in [-0.2, 0) is 4.79 Å². The van der Waals surface area contributed by atoms with Crippen LogP contribution >= 0.6 is 0 Å². The summed E-state index contributed by atoms with van der Waals surface area (Å²) >= 11 is 0. The third-order valence-corrected chi connectivity index (χ3v) is 3.08. The third kappa shape index (κ3) is 1.77. The third-order valence-electron chi connectivity index (χ3n) is 3.08. The summed E-state index contributed by atoms with van der Waals surface area (Å²) < 4.78 is 0. The number of carbonyl (C=O) groups excluding carboxylic acids is 1. The first kappa shape index (κ1) is 9.50. The van der Waals surface area contributed by atoms with Gasteiger partial charge in [0.15, 0.2) is 0 Å². The summed E-state index contributed by atoms with van der Waals surface area (Å²) in [4.78, 5) is 10.5. The molecule has 0 N–H and O–H groups in total. The first-order valence-corrected chi connectivity index (χ1v) is 4.68. The fourth-order valence-corrected chi connectivity index (χ4v) is 2.21. The Labute approximate surface area is 74.9 Å². The highest BCUT2D eigenvalue weighted by atomic mass is 16.1. The van der Waals surface area contributed by atoms with Gasteiger partial charge in [-0.15, -0.1) is 0 Å². The molecule has 1 aliphatic rings. The van der Waals surface area contributed by atoms with Crippen LogP contribution in [0.4, 0.5) is 0 Å². The largest absolute Gasteiger partial charge is 0.303 e. The summed E-state index contributed by atoms with van der Waals surface area (Å²) in [6.07, 6.45) is 6.40. The Morgan fingerprint density at radius 1 is 1.67 bits per heavy atom. The molecule has 1 heteroatoms. The Kier molecular flexibility index (Phi) is 2.71. The number of hydrogen-bond acceptors (Lipinski definition) is 1. The molecule has 0 aliphatic heterocycles. The minimum Gasteiger partial charge on any atom is -0.303 e. The van der Waals surface area contributed by atoms with Gasteiger partial charge in [-0.05, 0) is 31.1 Å². The quantitative estimate of drug-likeness (QED) is 0.455. The van der Waals surface area contributed by atoms with E-state index in [0.717, 1.165) is 6.29 Å². The van der Waals surface area contributed by atoms with Gasteiger partial charge in [0.05, 0.1) is 0 Å². The fourth-order valence-electron chi connectivity index (χ4n) is 2.21. The average molecular weight is 166 g/mol. The van der Waals surface area contributed by atoms with Gasteiger partial charge in [-0.3, -0.25) is 0 Å². The summed E-state index contributed by atoms with van der Waals surface area (Å²) in [6.45, 7) is 6.67. The van der Waals surface area contributed by atoms with Gasteiger partial charge in [-0.1, -0.05) is 25.5 Å². The van der Waals surface area contributed by atoms with E-state index in [0.29, 0.717) is 17.8 Å². The highest BCUT2D eigenvalue weighted by Crippen LogP contribution is 2.41. The van der Waals surface area contributed by atoms with Gasteiger partial charge in [-0.25, -0.2) is 0 Å². The molecule has 0 heterocycles. The lowest BCUT2D eigenvalue weighted by molar-refractivity contribution is -0.109. The normalized spacial score (nSPS) is 27.9. The van der Waals surface area contributed by atoms with E-state index in [1.54, 1.807) is 0 Å². The van der Waals surface area contributed by atoms with Crippen molar-refractivity contribution in [2.75, 3.05) is 0 Å². The van der Waals surface area contributed by atoms with E-state index in [-0.39, 0.29) is 0 Å². The summed E-state index contributed by atoms with van der Waals surface area (Å²) in [5, 5.41) is 0. The van der Waals surface area contributed by atoms with Gasteiger partial charge < -0.3 is 4.79 Å². The minimum atomic E-state index is 0.319. The maximum Gasteiger partial charge on any atom is 0.120 e. The molecular weight excluding hydrogens is 148 g/mol. The molecule has 0 fully saturated rings. The lowest BCUT2D eigenvalue weighted by Crippen LogP contribution is -2.28. The number of allylic oxidation sites excluding steroid dienone is 2. The molecule has 1 atom stereocenters. The van der Waals surface area contributed by atoms with Crippen molar-refractivity contribution >= 4 is 6.29 Å². The van der Waals surface area contributed by atoms with E-state index in [9.17, 15) is 4.79 Å². The Balaban J connectivity index is 2.80. The predicted octanol–water partition coefficient (Wildman–Crippen LogP) is 2.96. The van der Waals surface area contributed by atoms with Crippen LogP contribution in [0.3, 0.4) is 0 Å². The second-order valence-electron chi connectivity index (χ2n) is 4.43. The zero-order valence-corrected chi connectivity index (χ0v) is 8.26. The molecule has 0 aromatic carbocycles. The second kappa shape index (κ2) is 3.42. The fraction of sp³-hybridized carbons (Fsp3) is 0.727. The average Bonchev–Trinajstić information content (AvgIpc) is 1.97. The molecule has 12 heavy (non-hydrogen) atoms. The Morgan fingerprint density at radius 2 is 2.33 bits per heavy atom. The van der Waals surface area contributed by atoms with Crippen LogP contribution in [0, 0.1) is 11.3 Å². The van der Waals surface area contributed by atoms with Crippen molar-refractivity contribution in [3.05, 3.63) is 11.6 Å². The standard InChI is InChI=1S/C11H18O/c1-9-5-4-7-11(2,3)10(9)6-8-12/h5,8,10H,4,6-7H2,1-3H3. The van der Waals surface area contributed by atoms with Gasteiger partial charge in [0.25, 0.3) is 0 Å². The van der Waals surface area contributed by atoms with Crippen LogP contribution in [0.1, 0.15) is 40.0 Å². The minimum absolute atomic E-state index is 0.319. The molecule has 68 valence electrons. The first-order chi connectivity index (χ1) is 5.58. The van der Waals surface area contributed by atoms with Crippen molar-refractivity contribution in [3.8, 4) is 0 Å². The summed E-state index contributed by atoms with van der Waals surface area (Å²) in [5.41, 5.74) is 1.72. The SMILES string of the molecule is CC1=CCCC(C)(C)C1CC=O. The lowest BCUT2D eigenvalue weighted by atomic mass is 9.67. The molecule has 0 bridgehead atoms. The van der Waals surface area contributed by atoms with Gasteiger partial charge in [0.2, 0.25) is 0 Å². The Bertz CT molecular complexity index is 201. The van der Waals surface area contributed by atoms with Gasteiger partial charge >= 0.3 is 0 Å². The van der Waals surface area contributed by atoms with Crippen LogP contribution in [0.5, 0.6) is 0 Å². The number of hydrogen-bond donors (Lipinski definition) is 0. The molecule has 1 nitrogen and oxygen atoms in total. The molecule has 0 spiro atoms. The zero-order valence-electron chi connectivity index (χ0n) is 8.26. The molecule has 0 saturated heterocycles. The lowest BCUT2D eigenvalue weighted by Gasteiger charge is -2.37. The second-order valence-corrected chi connectivity index (χ2v) is 4.43. The molecular formula is C11H18O. The van der Waals surface area contributed by atoms with Crippen LogP contribution < -0.4 is 0 Å². The summed E-state index contributed by atoms with van der Waals surface area (Å²) in [7, 11) is 0. The summed E-state index contributed by atoms with van der Waals surface area (Å²) in [5.74, 6) is 0.476. The molecule has 0 amide bonds. The van der Waals surface area contributed by atoms with Crippen LogP contribution in [0.15, 0.2) is 11.6 Å². The molecule has 0 aromatic rings. The van der Waals surface area contributed by atoms with E-state index in [2.05, 4.69) is 26.8 Å². The molecule has 1 unspecified atom stereocenters. The topological polar surface area (TPSA) is 17.1 Å². The van der Waals surface area contributed by atoms with E-state index >= 15 is 0 Å². The predicted molar refractivity (Wildman–Crippen MR) is 50.9 cm³/mol. The molecule has 0 radical (unpaired) electrons. The molecule has 0 aromatic heterocycles. The number of carbonyl (C=O) groups is 1. The smallest absolute Gasteiger partial charge is 0.120 e.